The lowest BCUT2D eigenvalue weighted by atomic mass is 10.1. The molecule has 0 saturated heterocycles. The van der Waals surface area contributed by atoms with E-state index in [0.29, 0.717) is 42.2 Å². The van der Waals surface area contributed by atoms with E-state index in [9.17, 15) is 4.79 Å². The Morgan fingerprint density at radius 1 is 1.00 bits per heavy atom. The van der Waals surface area contributed by atoms with E-state index in [2.05, 4.69) is 20.4 Å². The van der Waals surface area contributed by atoms with Crippen LogP contribution in [0.15, 0.2) is 59.1 Å². The minimum atomic E-state index is -0.263. The number of benzene rings is 2. The van der Waals surface area contributed by atoms with Gasteiger partial charge in [-0.25, -0.2) is 0 Å². The standard InChI is InChI=1S/C24H24N4O4/c1-3-19-26-23(21-22(28-32-24(21)27-19)17-8-6-5-7-9-17)31-15-20(29)25-14-16-10-12-18(13-11-16)30-4-2/h5-13H,3-4,14-15H2,1-2H3,(H,25,29). The Bertz CT molecular complexity index is 1190. The van der Waals surface area contributed by atoms with Gasteiger partial charge in [-0.15, -0.1) is 0 Å². The molecular formula is C24H24N4O4. The number of fused-ring (bicyclic) bond motifs is 1. The first-order valence-corrected chi connectivity index (χ1v) is 10.5. The molecule has 0 atom stereocenters. The van der Waals surface area contributed by atoms with Crippen LogP contribution in [0.2, 0.25) is 0 Å². The quantitative estimate of drug-likeness (QED) is 0.428. The van der Waals surface area contributed by atoms with Crippen molar-refractivity contribution in [3.8, 4) is 22.9 Å². The maximum atomic E-state index is 12.4. The molecule has 2 aromatic carbocycles. The highest BCUT2D eigenvalue weighted by Crippen LogP contribution is 2.33. The fourth-order valence-corrected chi connectivity index (χ4v) is 3.18. The van der Waals surface area contributed by atoms with Crippen molar-refractivity contribution in [1.29, 1.82) is 0 Å². The minimum Gasteiger partial charge on any atom is -0.494 e. The Hall–Kier alpha value is -3.94. The summed E-state index contributed by atoms with van der Waals surface area (Å²) >= 11 is 0. The zero-order valence-corrected chi connectivity index (χ0v) is 18.0. The van der Waals surface area contributed by atoms with Gasteiger partial charge >= 0.3 is 0 Å². The number of nitrogens with zero attached hydrogens (tertiary/aromatic N) is 3. The number of hydrogen-bond donors (Lipinski definition) is 1. The summed E-state index contributed by atoms with van der Waals surface area (Å²) in [6.07, 6.45) is 0.595. The number of amides is 1. The molecule has 0 unspecified atom stereocenters. The second-order valence-electron chi connectivity index (χ2n) is 7.02. The third-order valence-corrected chi connectivity index (χ3v) is 4.78. The molecule has 0 fully saturated rings. The van der Waals surface area contributed by atoms with Crippen LogP contribution in [-0.4, -0.2) is 34.2 Å². The predicted octanol–water partition coefficient (Wildman–Crippen LogP) is 3.94. The van der Waals surface area contributed by atoms with Crippen LogP contribution in [0.5, 0.6) is 11.6 Å². The van der Waals surface area contributed by atoms with Gasteiger partial charge in [0.05, 0.1) is 6.61 Å². The normalized spacial score (nSPS) is 10.8. The molecule has 4 rings (SSSR count). The average molecular weight is 432 g/mol. The van der Waals surface area contributed by atoms with Crippen LogP contribution < -0.4 is 14.8 Å². The maximum absolute atomic E-state index is 12.4. The summed E-state index contributed by atoms with van der Waals surface area (Å²) in [5.74, 6) is 1.37. The molecule has 1 amide bonds. The second-order valence-corrected chi connectivity index (χ2v) is 7.02. The molecule has 2 aromatic heterocycles. The summed E-state index contributed by atoms with van der Waals surface area (Å²) in [4.78, 5) is 21.3. The Morgan fingerprint density at radius 3 is 2.50 bits per heavy atom. The van der Waals surface area contributed by atoms with Gasteiger partial charge in [-0.1, -0.05) is 54.5 Å². The lowest BCUT2D eigenvalue weighted by molar-refractivity contribution is -0.123. The highest BCUT2D eigenvalue weighted by atomic mass is 16.5. The zero-order valence-electron chi connectivity index (χ0n) is 18.0. The summed E-state index contributed by atoms with van der Waals surface area (Å²) in [7, 11) is 0. The highest BCUT2D eigenvalue weighted by Gasteiger charge is 2.20. The largest absolute Gasteiger partial charge is 0.494 e. The molecule has 32 heavy (non-hydrogen) atoms. The fraction of sp³-hybridized carbons (Fsp3) is 0.250. The van der Waals surface area contributed by atoms with Crippen molar-refractivity contribution in [2.24, 2.45) is 0 Å². The van der Waals surface area contributed by atoms with Crippen molar-refractivity contribution in [2.75, 3.05) is 13.2 Å². The first kappa shape index (κ1) is 21.3. The molecule has 0 saturated carbocycles. The van der Waals surface area contributed by atoms with Gasteiger partial charge in [0.2, 0.25) is 5.88 Å². The monoisotopic (exact) mass is 432 g/mol. The number of rotatable bonds is 9. The lowest BCUT2D eigenvalue weighted by Gasteiger charge is -2.09. The molecule has 8 heteroatoms. The summed E-state index contributed by atoms with van der Waals surface area (Å²) < 4.78 is 16.7. The number of ether oxygens (including phenoxy) is 2. The van der Waals surface area contributed by atoms with Crippen LogP contribution in [0.3, 0.4) is 0 Å². The predicted molar refractivity (Wildman–Crippen MR) is 119 cm³/mol. The van der Waals surface area contributed by atoms with E-state index < -0.39 is 0 Å². The third kappa shape index (κ3) is 4.85. The molecule has 0 aliphatic rings. The van der Waals surface area contributed by atoms with Crippen LogP contribution in [0, 0.1) is 0 Å². The van der Waals surface area contributed by atoms with Gasteiger partial charge < -0.3 is 19.3 Å². The molecule has 0 aliphatic heterocycles. The molecule has 8 nitrogen and oxygen atoms in total. The second kappa shape index (κ2) is 9.91. The van der Waals surface area contributed by atoms with Crippen molar-refractivity contribution in [2.45, 2.75) is 26.8 Å². The number of aryl methyl sites for hydroxylation is 1. The summed E-state index contributed by atoms with van der Waals surface area (Å²) in [6.45, 7) is 4.68. The average Bonchev–Trinajstić information content (AvgIpc) is 3.27. The maximum Gasteiger partial charge on any atom is 0.265 e. The van der Waals surface area contributed by atoms with Gasteiger partial charge in [-0.3, -0.25) is 4.79 Å². The molecule has 164 valence electrons. The van der Waals surface area contributed by atoms with Crippen LogP contribution >= 0.6 is 0 Å². The fourth-order valence-electron chi connectivity index (χ4n) is 3.18. The van der Waals surface area contributed by atoms with E-state index in [1.54, 1.807) is 0 Å². The van der Waals surface area contributed by atoms with Crippen LogP contribution in [0.25, 0.3) is 22.4 Å². The first-order valence-electron chi connectivity index (χ1n) is 10.5. The zero-order chi connectivity index (χ0) is 22.3. The van der Waals surface area contributed by atoms with Gasteiger partial charge in [-0.2, -0.15) is 9.97 Å². The molecule has 0 spiro atoms. The van der Waals surface area contributed by atoms with Crippen molar-refractivity contribution in [1.82, 2.24) is 20.4 Å². The number of carbonyl (C=O) groups is 1. The summed E-state index contributed by atoms with van der Waals surface area (Å²) in [5.41, 5.74) is 2.72. The van der Waals surface area contributed by atoms with Gasteiger partial charge in [0.1, 0.15) is 22.7 Å². The lowest BCUT2D eigenvalue weighted by Crippen LogP contribution is -2.28. The van der Waals surface area contributed by atoms with Crippen LogP contribution in [-0.2, 0) is 17.8 Å². The van der Waals surface area contributed by atoms with E-state index >= 15 is 0 Å². The number of hydrogen-bond acceptors (Lipinski definition) is 7. The van der Waals surface area contributed by atoms with Gasteiger partial charge in [-0.05, 0) is 24.6 Å². The number of carbonyl (C=O) groups excluding carboxylic acids is 1. The van der Waals surface area contributed by atoms with E-state index in [4.69, 9.17) is 14.0 Å². The molecular weight excluding hydrogens is 408 g/mol. The highest BCUT2D eigenvalue weighted by molar-refractivity contribution is 5.93. The van der Waals surface area contributed by atoms with Crippen LogP contribution in [0.4, 0.5) is 0 Å². The topological polar surface area (TPSA) is 99.4 Å². The van der Waals surface area contributed by atoms with Gasteiger partial charge in [0.15, 0.2) is 6.61 Å². The Morgan fingerprint density at radius 2 is 1.78 bits per heavy atom. The molecule has 1 N–H and O–H groups in total. The smallest absolute Gasteiger partial charge is 0.265 e. The first-order chi connectivity index (χ1) is 15.7. The van der Waals surface area contributed by atoms with Gasteiger partial charge in [0, 0.05) is 18.5 Å². The Labute approximate surface area is 185 Å². The third-order valence-electron chi connectivity index (χ3n) is 4.78. The molecule has 0 radical (unpaired) electrons. The summed E-state index contributed by atoms with van der Waals surface area (Å²) in [6, 6.07) is 17.1. The van der Waals surface area contributed by atoms with Crippen molar-refractivity contribution < 1.29 is 18.8 Å². The summed E-state index contributed by atoms with van der Waals surface area (Å²) in [5, 5.41) is 7.56. The Balaban J connectivity index is 1.47. The SMILES string of the molecule is CCOc1ccc(CNC(=O)COc2nc(CC)nc3onc(-c4ccccc4)c23)cc1. The van der Waals surface area contributed by atoms with Crippen molar-refractivity contribution >= 4 is 17.0 Å². The number of aromatic nitrogens is 3. The van der Waals surface area contributed by atoms with Crippen LogP contribution in [0.1, 0.15) is 25.2 Å². The van der Waals surface area contributed by atoms with E-state index in [-0.39, 0.29) is 18.4 Å². The van der Waals surface area contributed by atoms with E-state index in [0.717, 1.165) is 16.9 Å². The Kier molecular flexibility index (Phi) is 6.60. The number of nitrogens with one attached hydrogen (secondary N) is 1. The molecule has 0 bridgehead atoms. The van der Waals surface area contributed by atoms with E-state index in [1.807, 2.05) is 68.4 Å². The van der Waals surface area contributed by atoms with Crippen molar-refractivity contribution in [3.63, 3.8) is 0 Å². The molecule has 4 aromatic rings. The minimum absolute atomic E-state index is 0.189. The van der Waals surface area contributed by atoms with E-state index in [1.165, 1.54) is 0 Å². The molecule has 2 heterocycles. The van der Waals surface area contributed by atoms with Crippen molar-refractivity contribution in [3.05, 3.63) is 66.0 Å². The van der Waals surface area contributed by atoms with Gasteiger partial charge in [0.25, 0.3) is 11.6 Å². The molecule has 0 aliphatic carbocycles.